The molecule has 114 valence electrons. The molecule has 0 aliphatic heterocycles. The summed E-state index contributed by atoms with van der Waals surface area (Å²) in [5, 5.41) is 18.0. The number of nitro groups is 1. The number of hydrogen-bond donors (Lipinski definition) is 2. The largest absolute Gasteiger partial charge is 0.331 e. The normalized spacial score (nSPS) is 10.6. The van der Waals surface area contributed by atoms with Gasteiger partial charge in [-0.1, -0.05) is 29.0 Å². The topological polar surface area (TPSA) is 79.6 Å². The van der Waals surface area contributed by atoms with Crippen molar-refractivity contribution in [3.05, 3.63) is 56.5 Å². The Bertz CT molecular complexity index is 740. The maximum atomic E-state index is 10.6. The maximum absolute atomic E-state index is 10.6. The smallest absolute Gasteiger partial charge is 0.324 e. The molecule has 0 unspecified atom stereocenters. The highest BCUT2D eigenvalue weighted by molar-refractivity contribution is 7.80. The first-order valence-corrected chi connectivity index (χ1v) is 7.60. The van der Waals surface area contributed by atoms with Crippen LogP contribution in [0.3, 0.4) is 0 Å². The number of benzene rings is 1. The van der Waals surface area contributed by atoms with Crippen LogP contribution in [0.25, 0.3) is 0 Å². The zero-order valence-corrected chi connectivity index (χ0v) is 13.6. The van der Waals surface area contributed by atoms with Gasteiger partial charge in [0.15, 0.2) is 5.11 Å². The lowest BCUT2D eigenvalue weighted by atomic mass is 10.1. The second-order valence-corrected chi connectivity index (χ2v) is 6.08. The highest BCUT2D eigenvalue weighted by Crippen LogP contribution is 2.22. The van der Waals surface area contributed by atoms with E-state index in [4.69, 9.17) is 12.2 Å². The van der Waals surface area contributed by atoms with Gasteiger partial charge in [-0.3, -0.25) is 15.5 Å². The summed E-state index contributed by atoms with van der Waals surface area (Å²) in [6.45, 7) is 4.02. The number of aryl methyl sites for hydroxylation is 2. The Morgan fingerprint density at radius 2 is 2.14 bits per heavy atom. The number of thiophene rings is 1. The van der Waals surface area contributed by atoms with Gasteiger partial charge in [-0.05, 0) is 43.8 Å². The summed E-state index contributed by atoms with van der Waals surface area (Å²) >= 11 is 6.20. The number of hydrogen-bond acceptors (Lipinski definition) is 5. The molecule has 1 aromatic carbocycles. The first-order chi connectivity index (χ1) is 10.5. The summed E-state index contributed by atoms with van der Waals surface area (Å²) in [4.78, 5) is 10.8. The van der Waals surface area contributed by atoms with Gasteiger partial charge >= 0.3 is 5.00 Å². The van der Waals surface area contributed by atoms with Crippen LogP contribution in [-0.2, 0) is 0 Å². The first kappa shape index (κ1) is 16.1. The minimum atomic E-state index is -0.429. The Balaban J connectivity index is 1.91. The number of anilines is 1. The SMILES string of the molecule is Cc1ccc(NC(=S)N/N=C\c2ccc([N+](=O)[O-])s2)c(C)c1. The van der Waals surface area contributed by atoms with Gasteiger partial charge in [0.1, 0.15) is 0 Å². The van der Waals surface area contributed by atoms with E-state index in [0.717, 1.165) is 22.6 Å². The molecule has 0 atom stereocenters. The van der Waals surface area contributed by atoms with Gasteiger partial charge in [0, 0.05) is 11.8 Å². The van der Waals surface area contributed by atoms with Crippen LogP contribution in [0.4, 0.5) is 10.7 Å². The molecule has 22 heavy (non-hydrogen) atoms. The van der Waals surface area contributed by atoms with Crippen LogP contribution in [-0.4, -0.2) is 16.3 Å². The van der Waals surface area contributed by atoms with E-state index in [2.05, 4.69) is 21.9 Å². The summed E-state index contributed by atoms with van der Waals surface area (Å²) in [5.74, 6) is 0. The molecule has 0 saturated heterocycles. The zero-order chi connectivity index (χ0) is 16.1. The van der Waals surface area contributed by atoms with E-state index in [9.17, 15) is 10.1 Å². The lowest BCUT2D eigenvalue weighted by Gasteiger charge is -2.10. The van der Waals surface area contributed by atoms with Crippen molar-refractivity contribution in [1.29, 1.82) is 0 Å². The predicted octanol–water partition coefficient (Wildman–Crippen LogP) is 3.59. The summed E-state index contributed by atoms with van der Waals surface area (Å²) in [6, 6.07) is 9.07. The Hall–Kier alpha value is -2.32. The fourth-order valence-corrected chi connectivity index (χ4v) is 2.62. The highest BCUT2D eigenvalue weighted by Gasteiger charge is 2.08. The van der Waals surface area contributed by atoms with Crippen molar-refractivity contribution in [2.24, 2.45) is 5.10 Å². The van der Waals surface area contributed by atoms with Crippen LogP contribution in [0.15, 0.2) is 35.4 Å². The van der Waals surface area contributed by atoms with Gasteiger partial charge in [-0.25, -0.2) is 0 Å². The van der Waals surface area contributed by atoms with E-state index < -0.39 is 4.92 Å². The molecule has 1 heterocycles. The monoisotopic (exact) mass is 334 g/mol. The van der Waals surface area contributed by atoms with Crippen molar-refractivity contribution in [2.75, 3.05) is 5.32 Å². The van der Waals surface area contributed by atoms with E-state index in [-0.39, 0.29) is 5.00 Å². The Morgan fingerprint density at radius 1 is 1.36 bits per heavy atom. The molecular weight excluding hydrogens is 320 g/mol. The summed E-state index contributed by atoms with van der Waals surface area (Å²) in [6.07, 6.45) is 1.49. The number of nitrogens with zero attached hydrogens (tertiary/aromatic N) is 2. The quantitative estimate of drug-likeness (QED) is 0.386. The fraction of sp³-hybridized carbons (Fsp3) is 0.143. The lowest BCUT2D eigenvalue weighted by Crippen LogP contribution is -2.24. The average Bonchev–Trinajstić information content (AvgIpc) is 2.91. The molecule has 1 aromatic heterocycles. The van der Waals surface area contributed by atoms with Crippen molar-refractivity contribution in [1.82, 2.24) is 5.43 Å². The van der Waals surface area contributed by atoms with E-state index in [1.165, 1.54) is 17.8 Å². The molecule has 0 bridgehead atoms. The van der Waals surface area contributed by atoms with Crippen LogP contribution in [0.5, 0.6) is 0 Å². The van der Waals surface area contributed by atoms with E-state index >= 15 is 0 Å². The molecule has 0 fully saturated rings. The van der Waals surface area contributed by atoms with E-state index in [0.29, 0.717) is 9.99 Å². The lowest BCUT2D eigenvalue weighted by molar-refractivity contribution is -0.380. The molecule has 2 rings (SSSR count). The van der Waals surface area contributed by atoms with Crippen molar-refractivity contribution >= 4 is 45.6 Å². The van der Waals surface area contributed by atoms with Crippen molar-refractivity contribution < 1.29 is 4.92 Å². The van der Waals surface area contributed by atoms with Crippen LogP contribution in [0.2, 0.25) is 0 Å². The van der Waals surface area contributed by atoms with Crippen LogP contribution in [0, 0.1) is 24.0 Å². The van der Waals surface area contributed by atoms with Gasteiger partial charge in [0.05, 0.1) is 16.0 Å². The van der Waals surface area contributed by atoms with Crippen molar-refractivity contribution in [3.63, 3.8) is 0 Å². The molecular formula is C14H14N4O2S2. The first-order valence-electron chi connectivity index (χ1n) is 6.37. The van der Waals surface area contributed by atoms with Crippen LogP contribution < -0.4 is 10.7 Å². The van der Waals surface area contributed by atoms with Crippen molar-refractivity contribution in [2.45, 2.75) is 13.8 Å². The minimum absolute atomic E-state index is 0.0810. The molecule has 8 heteroatoms. The molecule has 2 aromatic rings. The van der Waals surface area contributed by atoms with Gasteiger partial charge in [0.2, 0.25) is 0 Å². The molecule has 6 nitrogen and oxygen atoms in total. The third kappa shape index (κ3) is 4.34. The average molecular weight is 334 g/mol. The van der Waals surface area contributed by atoms with Gasteiger partial charge in [-0.15, -0.1) is 0 Å². The second-order valence-electron chi connectivity index (χ2n) is 4.58. The molecule has 0 saturated carbocycles. The third-order valence-electron chi connectivity index (χ3n) is 2.78. The molecule has 2 N–H and O–H groups in total. The molecule has 0 aliphatic rings. The van der Waals surface area contributed by atoms with Crippen LogP contribution >= 0.6 is 23.6 Å². The fourth-order valence-electron chi connectivity index (χ4n) is 1.77. The van der Waals surface area contributed by atoms with Gasteiger partial charge in [0.25, 0.3) is 0 Å². The summed E-state index contributed by atoms with van der Waals surface area (Å²) in [5.41, 5.74) is 5.86. The van der Waals surface area contributed by atoms with Crippen LogP contribution in [0.1, 0.15) is 16.0 Å². The van der Waals surface area contributed by atoms with E-state index in [1.54, 1.807) is 6.07 Å². The Labute approximate surface area is 137 Å². The Morgan fingerprint density at radius 3 is 2.77 bits per heavy atom. The molecule has 0 amide bonds. The number of thiocarbonyl (C=S) groups is 1. The molecule has 0 aliphatic carbocycles. The standard InChI is InChI=1S/C14H14N4O2S2/c1-9-3-5-12(10(2)7-9)16-14(21)17-15-8-11-4-6-13(22-11)18(19)20/h3-8H,1-2H3,(H2,16,17,21)/b15-8-. The minimum Gasteiger partial charge on any atom is -0.331 e. The number of nitrogens with one attached hydrogen (secondary N) is 2. The summed E-state index contributed by atoms with van der Waals surface area (Å²) < 4.78 is 0. The maximum Gasteiger partial charge on any atom is 0.324 e. The number of hydrazone groups is 1. The zero-order valence-electron chi connectivity index (χ0n) is 12.0. The molecule has 0 spiro atoms. The number of rotatable bonds is 4. The van der Waals surface area contributed by atoms with E-state index in [1.807, 2.05) is 26.0 Å². The van der Waals surface area contributed by atoms with Gasteiger partial charge in [-0.2, -0.15) is 5.10 Å². The second kappa shape index (κ2) is 7.10. The van der Waals surface area contributed by atoms with Gasteiger partial charge < -0.3 is 5.32 Å². The summed E-state index contributed by atoms with van der Waals surface area (Å²) in [7, 11) is 0. The third-order valence-corrected chi connectivity index (χ3v) is 3.95. The predicted molar refractivity (Wildman–Crippen MR) is 93.8 cm³/mol. The highest BCUT2D eigenvalue weighted by atomic mass is 32.1. The Kier molecular flexibility index (Phi) is 5.18. The molecule has 0 radical (unpaired) electrons. The van der Waals surface area contributed by atoms with Crippen molar-refractivity contribution in [3.8, 4) is 0 Å².